The van der Waals surface area contributed by atoms with Crippen LogP contribution in [-0.4, -0.2) is 17.6 Å². The first-order valence-electron chi connectivity index (χ1n) is 7.91. The summed E-state index contributed by atoms with van der Waals surface area (Å²) in [5.74, 6) is 1.19. The second-order valence-corrected chi connectivity index (χ2v) is 6.63. The number of ether oxygens (including phenoxy) is 1. The van der Waals surface area contributed by atoms with Gasteiger partial charge in [-0.1, -0.05) is 13.0 Å². The average Bonchev–Trinajstić information content (AvgIpc) is 2.50. The van der Waals surface area contributed by atoms with Crippen molar-refractivity contribution >= 4 is 5.91 Å². The first kappa shape index (κ1) is 16.4. The van der Waals surface area contributed by atoms with Crippen molar-refractivity contribution in [3.8, 4) is 11.8 Å². The Kier molecular flexibility index (Phi) is 5.07. The maximum absolute atomic E-state index is 12.4. The zero-order chi connectivity index (χ0) is 16.2. The van der Waals surface area contributed by atoms with Gasteiger partial charge in [-0.15, -0.1) is 0 Å². The van der Waals surface area contributed by atoms with Gasteiger partial charge < -0.3 is 10.1 Å². The molecule has 1 fully saturated rings. The van der Waals surface area contributed by atoms with Crippen LogP contribution in [0.4, 0.5) is 0 Å². The minimum Gasteiger partial charge on any atom is -0.481 e. The molecule has 1 atom stereocenters. The molecule has 1 saturated carbocycles. The van der Waals surface area contributed by atoms with E-state index in [0.29, 0.717) is 11.3 Å². The van der Waals surface area contributed by atoms with Crippen LogP contribution in [0.15, 0.2) is 24.3 Å². The Morgan fingerprint density at radius 3 is 2.77 bits per heavy atom. The number of hydrogen-bond donors (Lipinski definition) is 1. The largest absolute Gasteiger partial charge is 0.481 e. The average molecular weight is 300 g/mol. The molecule has 2 rings (SSSR count). The maximum atomic E-state index is 12.4. The number of amides is 1. The molecule has 1 aliphatic carbocycles. The molecule has 0 spiro atoms. The number of benzene rings is 1. The van der Waals surface area contributed by atoms with Crippen LogP contribution in [0.1, 0.15) is 52.0 Å². The van der Waals surface area contributed by atoms with Crippen molar-refractivity contribution in [2.45, 2.75) is 58.1 Å². The van der Waals surface area contributed by atoms with E-state index in [1.807, 2.05) is 0 Å². The molecule has 0 aliphatic heterocycles. The zero-order valence-electron chi connectivity index (χ0n) is 13.6. The van der Waals surface area contributed by atoms with Crippen LogP contribution in [0.5, 0.6) is 5.75 Å². The fraction of sp³-hybridized carbons (Fsp3) is 0.556. The van der Waals surface area contributed by atoms with Crippen LogP contribution < -0.4 is 10.1 Å². The fourth-order valence-corrected chi connectivity index (χ4v) is 2.82. The molecular weight excluding hydrogens is 276 g/mol. The number of nitrogens with zero attached hydrogens (tertiary/aromatic N) is 1. The summed E-state index contributed by atoms with van der Waals surface area (Å²) in [6, 6.07) is 8.93. The monoisotopic (exact) mass is 300 g/mol. The molecule has 0 aromatic heterocycles. The molecule has 0 unspecified atom stereocenters. The van der Waals surface area contributed by atoms with Crippen molar-refractivity contribution in [3.63, 3.8) is 0 Å². The molecule has 0 saturated heterocycles. The van der Waals surface area contributed by atoms with E-state index < -0.39 is 6.10 Å². The number of nitrogens with one attached hydrogen (secondary N) is 1. The summed E-state index contributed by atoms with van der Waals surface area (Å²) >= 11 is 0. The number of carbonyl (C=O) groups is 1. The van der Waals surface area contributed by atoms with E-state index in [1.54, 1.807) is 31.2 Å². The maximum Gasteiger partial charge on any atom is 0.261 e. The third-order valence-electron chi connectivity index (χ3n) is 4.45. The van der Waals surface area contributed by atoms with Gasteiger partial charge in [0, 0.05) is 5.54 Å². The van der Waals surface area contributed by atoms with Crippen molar-refractivity contribution in [1.29, 1.82) is 5.26 Å². The molecular formula is C18H24N2O2. The Labute approximate surface area is 132 Å². The van der Waals surface area contributed by atoms with Gasteiger partial charge in [-0.2, -0.15) is 5.26 Å². The highest BCUT2D eigenvalue weighted by molar-refractivity contribution is 5.81. The van der Waals surface area contributed by atoms with E-state index in [0.717, 1.165) is 31.6 Å². The van der Waals surface area contributed by atoms with Crippen LogP contribution in [0.3, 0.4) is 0 Å². The van der Waals surface area contributed by atoms with E-state index in [9.17, 15) is 4.79 Å². The van der Waals surface area contributed by atoms with Crippen molar-refractivity contribution in [1.82, 2.24) is 5.32 Å². The predicted octanol–water partition coefficient (Wildman–Crippen LogP) is 3.41. The van der Waals surface area contributed by atoms with Crippen molar-refractivity contribution in [2.75, 3.05) is 0 Å². The molecule has 0 bridgehead atoms. The van der Waals surface area contributed by atoms with Gasteiger partial charge in [-0.05, 0) is 63.6 Å². The molecule has 4 nitrogen and oxygen atoms in total. The molecule has 118 valence electrons. The molecule has 1 amide bonds. The van der Waals surface area contributed by atoms with Gasteiger partial charge >= 0.3 is 0 Å². The molecule has 1 aromatic rings. The van der Waals surface area contributed by atoms with E-state index in [-0.39, 0.29) is 11.4 Å². The summed E-state index contributed by atoms with van der Waals surface area (Å²) in [4.78, 5) is 12.4. The van der Waals surface area contributed by atoms with Crippen LogP contribution in [0.25, 0.3) is 0 Å². The smallest absolute Gasteiger partial charge is 0.261 e. The Morgan fingerprint density at radius 1 is 1.45 bits per heavy atom. The highest BCUT2D eigenvalue weighted by Crippen LogP contribution is 2.31. The van der Waals surface area contributed by atoms with E-state index in [4.69, 9.17) is 10.00 Å². The number of carbonyl (C=O) groups excluding carboxylic acids is 1. The fourth-order valence-electron chi connectivity index (χ4n) is 2.82. The third kappa shape index (κ3) is 4.24. The summed E-state index contributed by atoms with van der Waals surface area (Å²) in [7, 11) is 0. The summed E-state index contributed by atoms with van der Waals surface area (Å²) < 4.78 is 5.66. The lowest BCUT2D eigenvalue weighted by molar-refractivity contribution is -0.129. The second-order valence-electron chi connectivity index (χ2n) is 6.63. The lowest BCUT2D eigenvalue weighted by Gasteiger charge is -2.37. The minimum absolute atomic E-state index is 0.0978. The number of hydrogen-bond acceptors (Lipinski definition) is 3. The zero-order valence-corrected chi connectivity index (χ0v) is 13.6. The Morgan fingerprint density at radius 2 is 2.14 bits per heavy atom. The van der Waals surface area contributed by atoms with E-state index in [1.165, 1.54) is 0 Å². The Bertz CT molecular complexity index is 569. The number of nitriles is 1. The van der Waals surface area contributed by atoms with Crippen molar-refractivity contribution in [3.05, 3.63) is 29.8 Å². The van der Waals surface area contributed by atoms with Crippen LogP contribution in [0.2, 0.25) is 0 Å². The second kappa shape index (κ2) is 6.83. The summed E-state index contributed by atoms with van der Waals surface area (Å²) in [5.41, 5.74) is 0.397. The summed E-state index contributed by atoms with van der Waals surface area (Å²) in [5, 5.41) is 12.0. The normalized spacial score (nSPS) is 25.8. The molecule has 1 N–H and O–H groups in total. The first-order chi connectivity index (χ1) is 10.4. The Hall–Kier alpha value is -2.02. The van der Waals surface area contributed by atoms with Crippen molar-refractivity contribution < 1.29 is 9.53 Å². The van der Waals surface area contributed by atoms with Gasteiger partial charge in [0.05, 0.1) is 11.6 Å². The van der Waals surface area contributed by atoms with Crippen LogP contribution in [-0.2, 0) is 4.79 Å². The molecule has 0 radical (unpaired) electrons. The topological polar surface area (TPSA) is 62.1 Å². The quantitative estimate of drug-likeness (QED) is 0.927. The molecule has 22 heavy (non-hydrogen) atoms. The van der Waals surface area contributed by atoms with Crippen molar-refractivity contribution in [2.24, 2.45) is 5.92 Å². The van der Waals surface area contributed by atoms with Gasteiger partial charge in [0.15, 0.2) is 6.10 Å². The molecule has 1 aliphatic rings. The summed E-state index contributed by atoms with van der Waals surface area (Å²) in [6.45, 7) is 6.11. The summed E-state index contributed by atoms with van der Waals surface area (Å²) in [6.07, 6.45) is 3.74. The van der Waals surface area contributed by atoms with Gasteiger partial charge in [0.25, 0.3) is 5.91 Å². The van der Waals surface area contributed by atoms with Gasteiger partial charge in [0.2, 0.25) is 0 Å². The molecule has 1 aromatic carbocycles. The van der Waals surface area contributed by atoms with Crippen LogP contribution >= 0.6 is 0 Å². The third-order valence-corrected chi connectivity index (χ3v) is 4.45. The van der Waals surface area contributed by atoms with Gasteiger partial charge in [0.1, 0.15) is 5.75 Å². The standard InChI is InChI=1S/C18H24N2O2/c1-13-7-9-18(3,10-8-13)20-17(21)14(2)22-16-6-4-5-15(11-16)12-19/h4-6,11,13-14H,7-10H2,1-3H3,(H,20,21)/t13?,14-,18?/m1/s1. The van der Waals surface area contributed by atoms with Crippen LogP contribution in [0, 0.1) is 17.2 Å². The highest BCUT2D eigenvalue weighted by atomic mass is 16.5. The highest BCUT2D eigenvalue weighted by Gasteiger charge is 2.32. The molecule has 4 heteroatoms. The lowest BCUT2D eigenvalue weighted by atomic mass is 9.78. The molecule has 0 heterocycles. The first-order valence-corrected chi connectivity index (χ1v) is 7.91. The van der Waals surface area contributed by atoms with Gasteiger partial charge in [-0.25, -0.2) is 0 Å². The minimum atomic E-state index is -0.579. The van der Waals surface area contributed by atoms with E-state index >= 15 is 0 Å². The SMILES string of the molecule is CC1CCC(C)(NC(=O)[C@@H](C)Oc2cccc(C#N)c2)CC1. The predicted molar refractivity (Wildman–Crippen MR) is 85.4 cm³/mol. The lowest BCUT2D eigenvalue weighted by Crippen LogP contribution is -2.51. The van der Waals surface area contributed by atoms with E-state index in [2.05, 4.69) is 25.2 Å². The van der Waals surface area contributed by atoms with Gasteiger partial charge in [-0.3, -0.25) is 4.79 Å². The Balaban J connectivity index is 1.93. The number of rotatable bonds is 4.